The van der Waals surface area contributed by atoms with Gasteiger partial charge >= 0.3 is 0 Å². The van der Waals surface area contributed by atoms with E-state index in [9.17, 15) is 0 Å². The molecule has 42 heavy (non-hydrogen) atoms. The lowest BCUT2D eigenvalue weighted by Crippen LogP contribution is -1.92. The van der Waals surface area contributed by atoms with Gasteiger partial charge in [0.2, 0.25) is 0 Å². The summed E-state index contributed by atoms with van der Waals surface area (Å²) in [5, 5.41) is 4.76. The molecule has 1 aliphatic rings. The van der Waals surface area contributed by atoms with Crippen molar-refractivity contribution in [2.24, 2.45) is 0 Å². The topological polar surface area (TPSA) is 51.6 Å². The van der Waals surface area contributed by atoms with Crippen molar-refractivity contribution in [2.45, 2.75) is 0 Å². The molecule has 0 bridgehead atoms. The van der Waals surface area contributed by atoms with Gasteiger partial charge in [-0.1, -0.05) is 91.0 Å². The Balaban J connectivity index is 1.18. The summed E-state index contributed by atoms with van der Waals surface area (Å²) in [6.07, 6.45) is 5.18. The normalized spacial score (nSPS) is 11.8. The van der Waals surface area contributed by atoms with Crippen LogP contribution in [0.2, 0.25) is 0 Å². The van der Waals surface area contributed by atoms with Crippen LogP contribution in [0.15, 0.2) is 134 Å². The Hall–Kier alpha value is -5.74. The average Bonchev–Trinajstić information content (AvgIpc) is 3.39. The van der Waals surface area contributed by atoms with Crippen LogP contribution in [-0.4, -0.2) is 19.9 Å². The molecule has 0 radical (unpaired) electrons. The smallest absolute Gasteiger partial charge is 0.0972 e. The first kappa shape index (κ1) is 23.0. The van der Waals surface area contributed by atoms with E-state index in [1.165, 1.54) is 33.0 Å². The monoisotopic (exact) mass is 534 g/mol. The summed E-state index contributed by atoms with van der Waals surface area (Å²) in [5.41, 5.74) is 12.8. The van der Waals surface area contributed by atoms with Gasteiger partial charge in [0.15, 0.2) is 0 Å². The Morgan fingerprint density at radius 2 is 1.02 bits per heavy atom. The maximum atomic E-state index is 5.22. The van der Waals surface area contributed by atoms with E-state index in [1.807, 2.05) is 12.1 Å². The molecule has 4 nitrogen and oxygen atoms in total. The van der Waals surface area contributed by atoms with Crippen molar-refractivity contribution in [2.75, 3.05) is 0 Å². The summed E-state index contributed by atoms with van der Waals surface area (Å²) in [4.78, 5) is 19.1. The SMILES string of the molecule is c1cc(-c2cnccn2)cc(-c2ccc3ccc4ccc(-c5ccc6c(c5)-c5cccc7cccc-6c57)nc4c3n2)c1. The highest BCUT2D eigenvalue weighted by Crippen LogP contribution is 2.48. The van der Waals surface area contributed by atoms with E-state index in [-0.39, 0.29) is 0 Å². The number of rotatable bonds is 3. The molecule has 0 N–H and O–H groups in total. The highest BCUT2D eigenvalue weighted by atomic mass is 14.8. The Labute approximate surface area is 242 Å². The van der Waals surface area contributed by atoms with E-state index in [2.05, 4.69) is 113 Å². The van der Waals surface area contributed by atoms with Crippen LogP contribution < -0.4 is 0 Å². The molecule has 0 saturated carbocycles. The van der Waals surface area contributed by atoms with Gasteiger partial charge in [0.05, 0.1) is 34.3 Å². The summed E-state index contributed by atoms with van der Waals surface area (Å²) in [7, 11) is 0. The number of pyridine rings is 2. The number of aromatic nitrogens is 4. The first-order chi connectivity index (χ1) is 20.8. The fraction of sp³-hybridized carbons (Fsp3) is 0. The zero-order valence-electron chi connectivity index (χ0n) is 22.5. The molecule has 0 unspecified atom stereocenters. The van der Waals surface area contributed by atoms with Crippen molar-refractivity contribution in [3.8, 4) is 56.0 Å². The fourth-order valence-electron chi connectivity index (χ4n) is 6.33. The molecule has 8 aromatic rings. The molecule has 3 heterocycles. The third-order valence-electron chi connectivity index (χ3n) is 8.34. The minimum atomic E-state index is 0.838. The molecule has 9 rings (SSSR count). The highest BCUT2D eigenvalue weighted by molar-refractivity contribution is 6.15. The Morgan fingerprint density at radius 3 is 1.71 bits per heavy atom. The van der Waals surface area contributed by atoms with E-state index < -0.39 is 0 Å². The third kappa shape index (κ3) is 3.49. The molecule has 0 aliphatic heterocycles. The molecule has 0 spiro atoms. The molecule has 0 amide bonds. The lowest BCUT2D eigenvalue weighted by Gasteiger charge is -2.10. The molecule has 4 heteroatoms. The lowest BCUT2D eigenvalue weighted by atomic mass is 9.99. The second kappa shape index (κ2) is 8.88. The van der Waals surface area contributed by atoms with Crippen LogP contribution in [0.25, 0.3) is 88.6 Å². The molecule has 0 saturated heterocycles. The first-order valence-corrected chi connectivity index (χ1v) is 14.0. The summed E-state index contributed by atoms with van der Waals surface area (Å²) in [6, 6.07) is 40.9. The first-order valence-electron chi connectivity index (χ1n) is 14.0. The molecule has 194 valence electrons. The fourth-order valence-corrected chi connectivity index (χ4v) is 6.33. The molecule has 3 aromatic heterocycles. The van der Waals surface area contributed by atoms with Crippen molar-refractivity contribution in [3.63, 3.8) is 0 Å². The number of fused-ring (bicyclic) bond motifs is 6. The van der Waals surface area contributed by atoms with Crippen molar-refractivity contribution in [1.82, 2.24) is 19.9 Å². The zero-order chi connectivity index (χ0) is 27.6. The lowest BCUT2D eigenvalue weighted by molar-refractivity contribution is 1.21. The number of nitrogens with zero attached hydrogens (tertiary/aromatic N) is 4. The van der Waals surface area contributed by atoms with Gasteiger partial charge in [0.1, 0.15) is 0 Å². The predicted octanol–water partition coefficient (Wildman–Crippen LogP) is 9.37. The van der Waals surface area contributed by atoms with Gasteiger partial charge in [0.25, 0.3) is 0 Å². The summed E-state index contributed by atoms with van der Waals surface area (Å²) in [6.45, 7) is 0. The van der Waals surface area contributed by atoms with Crippen LogP contribution in [0.1, 0.15) is 0 Å². The van der Waals surface area contributed by atoms with Gasteiger partial charge in [0, 0.05) is 39.9 Å². The van der Waals surface area contributed by atoms with E-state index >= 15 is 0 Å². The number of hydrogen-bond donors (Lipinski definition) is 0. The van der Waals surface area contributed by atoms with Crippen LogP contribution in [0.4, 0.5) is 0 Å². The summed E-state index contributed by atoms with van der Waals surface area (Å²) >= 11 is 0. The second-order valence-electron chi connectivity index (χ2n) is 10.7. The van der Waals surface area contributed by atoms with E-state index in [1.54, 1.807) is 18.6 Å². The Morgan fingerprint density at radius 1 is 0.405 bits per heavy atom. The summed E-state index contributed by atoms with van der Waals surface area (Å²) < 4.78 is 0. The maximum Gasteiger partial charge on any atom is 0.0972 e. The summed E-state index contributed by atoms with van der Waals surface area (Å²) in [5.74, 6) is 0. The quantitative estimate of drug-likeness (QED) is 0.212. The van der Waals surface area contributed by atoms with Crippen LogP contribution in [0, 0.1) is 0 Å². The van der Waals surface area contributed by atoms with Gasteiger partial charge in [-0.3, -0.25) is 9.97 Å². The van der Waals surface area contributed by atoms with Gasteiger partial charge in [-0.2, -0.15) is 0 Å². The van der Waals surface area contributed by atoms with Crippen molar-refractivity contribution < 1.29 is 0 Å². The molecule has 0 fully saturated rings. The van der Waals surface area contributed by atoms with Crippen LogP contribution in [0.3, 0.4) is 0 Å². The average molecular weight is 535 g/mol. The van der Waals surface area contributed by atoms with Crippen molar-refractivity contribution >= 4 is 32.6 Å². The largest absolute Gasteiger partial charge is 0.261 e. The van der Waals surface area contributed by atoms with E-state index in [4.69, 9.17) is 9.97 Å². The molecular weight excluding hydrogens is 512 g/mol. The van der Waals surface area contributed by atoms with E-state index in [0.717, 1.165) is 55.6 Å². The highest BCUT2D eigenvalue weighted by Gasteiger charge is 2.21. The molecular formula is C38H22N4. The van der Waals surface area contributed by atoms with Gasteiger partial charge in [-0.05, 0) is 57.3 Å². The van der Waals surface area contributed by atoms with Gasteiger partial charge < -0.3 is 0 Å². The van der Waals surface area contributed by atoms with Crippen LogP contribution in [0.5, 0.6) is 0 Å². The van der Waals surface area contributed by atoms with Crippen LogP contribution >= 0.6 is 0 Å². The van der Waals surface area contributed by atoms with Crippen molar-refractivity contribution in [3.05, 3.63) is 134 Å². The van der Waals surface area contributed by atoms with Crippen LogP contribution in [-0.2, 0) is 0 Å². The number of benzene rings is 5. The van der Waals surface area contributed by atoms with Crippen molar-refractivity contribution in [1.29, 1.82) is 0 Å². The zero-order valence-corrected chi connectivity index (χ0v) is 22.5. The van der Waals surface area contributed by atoms with Gasteiger partial charge in [-0.15, -0.1) is 0 Å². The number of hydrogen-bond acceptors (Lipinski definition) is 4. The standard InChI is InChI=1S/C38H22N4/c1-6-26(20-27(7-1)35-22-39-18-19-40-35)33-16-13-24-10-11-25-14-17-34(42-38(25)37(24)41-33)28-12-15-29-30-8-2-4-23-5-3-9-31(36(23)30)32(29)21-28/h1-22H. The second-order valence-corrected chi connectivity index (χ2v) is 10.7. The van der Waals surface area contributed by atoms with E-state index in [0.29, 0.717) is 0 Å². The third-order valence-corrected chi connectivity index (χ3v) is 8.34. The minimum absolute atomic E-state index is 0.838. The maximum absolute atomic E-state index is 5.22. The Bertz CT molecular complexity index is 2350. The molecule has 0 atom stereocenters. The predicted molar refractivity (Wildman–Crippen MR) is 171 cm³/mol. The molecule has 1 aliphatic carbocycles. The minimum Gasteiger partial charge on any atom is -0.261 e. The molecule has 5 aromatic carbocycles. The van der Waals surface area contributed by atoms with Gasteiger partial charge in [-0.25, -0.2) is 9.97 Å². The Kier molecular flexibility index (Phi) is 4.87.